The first-order chi connectivity index (χ1) is 11.6. The number of nitrogens with two attached hydrogens (primary N) is 1. The maximum Gasteiger partial charge on any atom is 0.240 e. The van der Waals surface area contributed by atoms with Crippen LogP contribution in [-0.4, -0.2) is 17.9 Å². The van der Waals surface area contributed by atoms with Gasteiger partial charge in [-0.15, -0.1) is 0 Å². The van der Waals surface area contributed by atoms with Crippen LogP contribution >= 0.6 is 0 Å². The monoisotopic (exact) mass is 320 g/mol. The Kier molecular flexibility index (Phi) is 3.60. The van der Waals surface area contributed by atoms with Crippen molar-refractivity contribution in [2.75, 3.05) is 0 Å². The smallest absolute Gasteiger partial charge is 0.240 e. The van der Waals surface area contributed by atoms with E-state index in [1.165, 1.54) is 0 Å². The van der Waals surface area contributed by atoms with Crippen molar-refractivity contribution in [3.8, 4) is 11.1 Å². The molecule has 24 heavy (non-hydrogen) atoms. The molecule has 2 amide bonds. The first kappa shape index (κ1) is 14.9. The van der Waals surface area contributed by atoms with Crippen LogP contribution in [0, 0.1) is 5.92 Å². The van der Waals surface area contributed by atoms with Crippen molar-refractivity contribution in [3.05, 3.63) is 59.7 Å². The molecule has 0 unspecified atom stereocenters. The van der Waals surface area contributed by atoms with E-state index >= 15 is 0 Å². The Labute approximate surface area is 141 Å². The first-order valence-electron chi connectivity index (χ1n) is 8.43. The minimum absolute atomic E-state index is 0.142. The summed E-state index contributed by atoms with van der Waals surface area (Å²) >= 11 is 0. The molecule has 1 fully saturated rings. The molecule has 0 radical (unpaired) electrons. The van der Waals surface area contributed by atoms with Crippen LogP contribution in [0.5, 0.6) is 0 Å². The van der Waals surface area contributed by atoms with Crippen LogP contribution < -0.4 is 11.1 Å². The highest BCUT2D eigenvalue weighted by atomic mass is 16.2. The Morgan fingerprint density at radius 1 is 1.00 bits per heavy atom. The predicted molar refractivity (Wildman–Crippen MR) is 92.2 cm³/mol. The van der Waals surface area contributed by atoms with Crippen LogP contribution in [0.15, 0.2) is 48.5 Å². The quantitative estimate of drug-likeness (QED) is 0.889. The van der Waals surface area contributed by atoms with Crippen LogP contribution in [-0.2, 0) is 9.59 Å². The molecule has 0 heterocycles. The van der Waals surface area contributed by atoms with E-state index in [0.717, 1.165) is 35.1 Å². The number of hydrogen-bond donors (Lipinski definition) is 2. The van der Waals surface area contributed by atoms with Gasteiger partial charge in [0.05, 0.1) is 5.92 Å². The van der Waals surface area contributed by atoms with Gasteiger partial charge in [-0.2, -0.15) is 0 Å². The van der Waals surface area contributed by atoms with E-state index in [4.69, 9.17) is 5.73 Å². The van der Waals surface area contributed by atoms with Crippen molar-refractivity contribution in [1.29, 1.82) is 0 Å². The third-order valence-corrected chi connectivity index (χ3v) is 5.02. The number of fused-ring (bicyclic) bond motifs is 3. The highest BCUT2D eigenvalue weighted by molar-refractivity contribution is 5.98. The molecule has 0 bridgehead atoms. The van der Waals surface area contributed by atoms with Crippen molar-refractivity contribution in [1.82, 2.24) is 5.32 Å². The standard InChI is InChI=1S/C20H20N2O2/c21-19(23)17(11-12-9-10-12)22-20(24)18-15-7-3-1-5-13(15)14-6-2-4-8-16(14)18/h1-8,12,17-18H,9-11H2,(H2,21,23)(H,22,24)/t17-/m0/s1. The van der Waals surface area contributed by atoms with Crippen molar-refractivity contribution in [2.45, 2.75) is 31.2 Å². The summed E-state index contributed by atoms with van der Waals surface area (Å²) in [6, 6.07) is 15.3. The van der Waals surface area contributed by atoms with E-state index in [9.17, 15) is 9.59 Å². The molecule has 0 saturated heterocycles. The van der Waals surface area contributed by atoms with E-state index in [1.807, 2.05) is 48.5 Å². The topological polar surface area (TPSA) is 72.2 Å². The van der Waals surface area contributed by atoms with Gasteiger partial charge in [0.2, 0.25) is 11.8 Å². The molecule has 4 nitrogen and oxygen atoms in total. The number of primary amides is 1. The molecule has 2 aromatic carbocycles. The second kappa shape index (κ2) is 5.78. The van der Waals surface area contributed by atoms with Crippen LogP contribution in [0.3, 0.4) is 0 Å². The number of benzene rings is 2. The lowest BCUT2D eigenvalue weighted by Gasteiger charge is -2.19. The molecule has 0 aromatic heterocycles. The summed E-state index contributed by atoms with van der Waals surface area (Å²) in [6.07, 6.45) is 2.89. The van der Waals surface area contributed by atoms with Gasteiger partial charge in [-0.25, -0.2) is 0 Å². The Morgan fingerprint density at radius 2 is 1.54 bits per heavy atom. The molecule has 4 heteroatoms. The fourth-order valence-corrected chi connectivity index (χ4v) is 3.63. The van der Waals surface area contributed by atoms with Gasteiger partial charge in [-0.1, -0.05) is 61.4 Å². The number of carbonyl (C=O) groups is 2. The molecule has 4 rings (SSSR count). The van der Waals surface area contributed by atoms with E-state index in [2.05, 4.69) is 5.32 Å². The van der Waals surface area contributed by atoms with Crippen molar-refractivity contribution >= 4 is 11.8 Å². The summed E-state index contributed by atoms with van der Waals surface area (Å²) < 4.78 is 0. The summed E-state index contributed by atoms with van der Waals surface area (Å²) in [5.74, 6) is -0.448. The number of carbonyl (C=O) groups excluding carboxylic acids is 2. The predicted octanol–water partition coefficient (Wildman–Crippen LogP) is 2.57. The molecule has 2 aromatic rings. The SMILES string of the molecule is NC(=O)[C@H](CC1CC1)NC(=O)C1c2ccccc2-c2ccccc21. The number of rotatable bonds is 5. The first-order valence-corrected chi connectivity index (χ1v) is 8.43. The third kappa shape index (κ3) is 2.58. The van der Waals surface area contributed by atoms with Gasteiger partial charge in [-0.3, -0.25) is 9.59 Å². The average Bonchev–Trinajstić information content (AvgIpc) is 3.33. The maximum absolute atomic E-state index is 13.0. The molecular formula is C20H20N2O2. The summed E-state index contributed by atoms with van der Waals surface area (Å²) in [5, 5.41) is 2.90. The van der Waals surface area contributed by atoms with E-state index in [-0.39, 0.29) is 11.8 Å². The maximum atomic E-state index is 13.0. The van der Waals surface area contributed by atoms with Gasteiger partial charge in [-0.05, 0) is 34.6 Å². The third-order valence-electron chi connectivity index (χ3n) is 5.02. The van der Waals surface area contributed by atoms with Gasteiger partial charge in [0.15, 0.2) is 0 Å². The summed E-state index contributed by atoms with van der Waals surface area (Å²) in [4.78, 5) is 24.7. The molecule has 0 spiro atoms. The fraction of sp³-hybridized carbons (Fsp3) is 0.300. The number of amides is 2. The summed E-state index contributed by atoms with van der Waals surface area (Å²) in [7, 11) is 0. The zero-order valence-electron chi connectivity index (χ0n) is 13.4. The Bertz CT molecular complexity index is 765. The van der Waals surface area contributed by atoms with Crippen LogP contribution in [0.1, 0.15) is 36.3 Å². The molecule has 122 valence electrons. The average molecular weight is 320 g/mol. The molecule has 0 aliphatic heterocycles. The van der Waals surface area contributed by atoms with Crippen LogP contribution in [0.4, 0.5) is 0 Å². The zero-order valence-corrected chi connectivity index (χ0v) is 13.4. The van der Waals surface area contributed by atoms with Crippen molar-refractivity contribution in [3.63, 3.8) is 0 Å². The lowest BCUT2D eigenvalue weighted by Crippen LogP contribution is -2.46. The minimum atomic E-state index is -0.579. The van der Waals surface area contributed by atoms with Gasteiger partial charge in [0.25, 0.3) is 0 Å². The summed E-state index contributed by atoms with van der Waals surface area (Å²) in [5.41, 5.74) is 9.66. The van der Waals surface area contributed by atoms with E-state index in [1.54, 1.807) is 0 Å². The van der Waals surface area contributed by atoms with Gasteiger partial charge in [0.1, 0.15) is 6.04 Å². The highest BCUT2D eigenvalue weighted by Crippen LogP contribution is 2.44. The number of nitrogens with one attached hydrogen (secondary N) is 1. The second-order valence-corrected chi connectivity index (χ2v) is 6.75. The van der Waals surface area contributed by atoms with Gasteiger partial charge >= 0.3 is 0 Å². The van der Waals surface area contributed by atoms with Gasteiger partial charge < -0.3 is 11.1 Å². The highest BCUT2D eigenvalue weighted by Gasteiger charge is 2.36. The fourth-order valence-electron chi connectivity index (χ4n) is 3.63. The van der Waals surface area contributed by atoms with Gasteiger partial charge in [0, 0.05) is 0 Å². The Hall–Kier alpha value is -2.62. The normalized spacial score (nSPS) is 17.0. The zero-order chi connectivity index (χ0) is 16.7. The molecule has 1 saturated carbocycles. The van der Waals surface area contributed by atoms with E-state index < -0.39 is 11.9 Å². The molecule has 1 atom stereocenters. The Morgan fingerprint density at radius 3 is 2.04 bits per heavy atom. The lowest BCUT2D eigenvalue weighted by molar-refractivity contribution is -0.127. The molecule has 2 aliphatic rings. The Balaban J connectivity index is 1.65. The lowest BCUT2D eigenvalue weighted by atomic mass is 9.95. The largest absolute Gasteiger partial charge is 0.368 e. The van der Waals surface area contributed by atoms with E-state index in [0.29, 0.717) is 12.3 Å². The molecule has 3 N–H and O–H groups in total. The van der Waals surface area contributed by atoms with Crippen LogP contribution in [0.25, 0.3) is 11.1 Å². The number of hydrogen-bond acceptors (Lipinski definition) is 2. The van der Waals surface area contributed by atoms with Crippen molar-refractivity contribution < 1.29 is 9.59 Å². The molecule has 2 aliphatic carbocycles. The second-order valence-electron chi connectivity index (χ2n) is 6.75. The molecular weight excluding hydrogens is 300 g/mol. The van der Waals surface area contributed by atoms with Crippen LogP contribution in [0.2, 0.25) is 0 Å². The summed E-state index contributed by atoms with van der Waals surface area (Å²) in [6.45, 7) is 0. The minimum Gasteiger partial charge on any atom is -0.368 e. The van der Waals surface area contributed by atoms with Crippen molar-refractivity contribution in [2.24, 2.45) is 11.7 Å².